The van der Waals surface area contributed by atoms with E-state index in [1.165, 1.54) is 31.4 Å². The summed E-state index contributed by atoms with van der Waals surface area (Å²) in [6.45, 7) is 0. The summed E-state index contributed by atoms with van der Waals surface area (Å²) >= 11 is 1.55. The van der Waals surface area contributed by atoms with Crippen molar-refractivity contribution in [3.63, 3.8) is 0 Å². The smallest absolute Gasteiger partial charge is 0.124 e. The Morgan fingerprint density at radius 2 is 2.06 bits per heavy atom. The van der Waals surface area contributed by atoms with Crippen LogP contribution in [0.4, 0.5) is 4.39 Å². The van der Waals surface area contributed by atoms with Crippen molar-refractivity contribution in [3.05, 3.63) is 30.1 Å². The van der Waals surface area contributed by atoms with Crippen LogP contribution >= 0.6 is 11.8 Å². The van der Waals surface area contributed by atoms with Crippen LogP contribution in [-0.4, -0.2) is 17.0 Å². The van der Waals surface area contributed by atoms with Crippen LogP contribution in [0.15, 0.2) is 29.2 Å². The summed E-state index contributed by atoms with van der Waals surface area (Å²) < 4.78 is 13.0. The second-order valence-electron chi connectivity index (χ2n) is 4.73. The molecule has 0 heterocycles. The SMILES string of the molecule is OC(CSc1cccc(F)c1)C1CCCCC1. The molecule has 0 saturated heterocycles. The Morgan fingerprint density at radius 3 is 2.76 bits per heavy atom. The molecule has 1 unspecified atom stereocenters. The summed E-state index contributed by atoms with van der Waals surface area (Å²) in [4.78, 5) is 0.903. The van der Waals surface area contributed by atoms with E-state index in [9.17, 15) is 9.50 Å². The first-order chi connectivity index (χ1) is 8.25. The topological polar surface area (TPSA) is 20.2 Å². The number of hydrogen-bond donors (Lipinski definition) is 1. The minimum atomic E-state index is -0.247. The van der Waals surface area contributed by atoms with Crippen LogP contribution in [0.5, 0.6) is 0 Å². The van der Waals surface area contributed by atoms with Crippen molar-refractivity contribution >= 4 is 11.8 Å². The van der Waals surface area contributed by atoms with Crippen LogP contribution in [0, 0.1) is 11.7 Å². The van der Waals surface area contributed by atoms with Crippen LogP contribution in [0.2, 0.25) is 0 Å². The van der Waals surface area contributed by atoms with Gasteiger partial charge >= 0.3 is 0 Å². The molecule has 1 aliphatic carbocycles. The second-order valence-corrected chi connectivity index (χ2v) is 5.83. The Morgan fingerprint density at radius 1 is 1.29 bits per heavy atom. The van der Waals surface area contributed by atoms with Gasteiger partial charge in [0.05, 0.1) is 6.10 Å². The Labute approximate surface area is 106 Å². The summed E-state index contributed by atoms with van der Waals surface area (Å²) in [5.41, 5.74) is 0. The predicted octanol–water partition coefficient (Wildman–Crippen LogP) is 3.86. The van der Waals surface area contributed by atoms with Crippen LogP contribution in [0.1, 0.15) is 32.1 Å². The van der Waals surface area contributed by atoms with E-state index in [0.29, 0.717) is 11.7 Å². The van der Waals surface area contributed by atoms with E-state index in [-0.39, 0.29) is 11.9 Å². The summed E-state index contributed by atoms with van der Waals surface area (Å²) in [6.07, 6.45) is 5.83. The monoisotopic (exact) mass is 254 g/mol. The van der Waals surface area contributed by atoms with E-state index in [4.69, 9.17) is 0 Å². The minimum absolute atomic E-state index is 0.206. The quantitative estimate of drug-likeness (QED) is 0.823. The summed E-state index contributed by atoms with van der Waals surface area (Å²) in [6, 6.07) is 6.58. The molecule has 1 atom stereocenters. The molecule has 0 spiro atoms. The molecule has 0 amide bonds. The largest absolute Gasteiger partial charge is 0.392 e. The van der Waals surface area contributed by atoms with E-state index < -0.39 is 0 Å². The van der Waals surface area contributed by atoms with Crippen LogP contribution in [0.25, 0.3) is 0 Å². The van der Waals surface area contributed by atoms with Gasteiger partial charge in [0.1, 0.15) is 5.82 Å². The lowest BCUT2D eigenvalue weighted by molar-refractivity contribution is 0.105. The summed E-state index contributed by atoms with van der Waals surface area (Å²) in [5.74, 6) is 0.917. The third-order valence-corrected chi connectivity index (χ3v) is 4.51. The average molecular weight is 254 g/mol. The molecule has 3 heteroatoms. The van der Waals surface area contributed by atoms with Gasteiger partial charge < -0.3 is 5.11 Å². The highest BCUT2D eigenvalue weighted by Crippen LogP contribution is 2.29. The van der Waals surface area contributed by atoms with Gasteiger partial charge in [0.15, 0.2) is 0 Å². The number of halogens is 1. The zero-order valence-electron chi connectivity index (χ0n) is 9.94. The molecule has 1 N–H and O–H groups in total. The number of aliphatic hydroxyl groups is 1. The van der Waals surface area contributed by atoms with Gasteiger partial charge in [-0.2, -0.15) is 0 Å². The summed E-state index contributed by atoms with van der Waals surface area (Å²) in [5, 5.41) is 10.1. The molecule has 1 aliphatic rings. The van der Waals surface area contributed by atoms with Gasteiger partial charge in [-0.3, -0.25) is 0 Å². The van der Waals surface area contributed by atoms with Crippen molar-refractivity contribution in [2.24, 2.45) is 5.92 Å². The molecule has 1 aromatic carbocycles. The maximum atomic E-state index is 13.0. The summed E-state index contributed by atoms with van der Waals surface area (Å²) in [7, 11) is 0. The molecule has 1 nitrogen and oxygen atoms in total. The minimum Gasteiger partial charge on any atom is -0.392 e. The first kappa shape index (κ1) is 12.9. The molecular formula is C14H19FOS. The fourth-order valence-corrected chi connectivity index (χ4v) is 3.40. The third kappa shape index (κ3) is 4.00. The van der Waals surface area contributed by atoms with Crippen molar-refractivity contribution in [1.82, 2.24) is 0 Å². The van der Waals surface area contributed by atoms with Crippen LogP contribution < -0.4 is 0 Å². The molecule has 0 bridgehead atoms. The van der Waals surface area contributed by atoms with E-state index in [1.807, 2.05) is 6.07 Å². The van der Waals surface area contributed by atoms with Crippen molar-refractivity contribution in [1.29, 1.82) is 0 Å². The van der Waals surface area contributed by atoms with Crippen molar-refractivity contribution < 1.29 is 9.50 Å². The fraction of sp³-hybridized carbons (Fsp3) is 0.571. The highest BCUT2D eigenvalue weighted by atomic mass is 32.2. The molecule has 1 aromatic rings. The molecule has 0 aromatic heterocycles. The highest BCUT2D eigenvalue weighted by Gasteiger charge is 2.21. The second kappa shape index (κ2) is 6.41. The van der Waals surface area contributed by atoms with E-state index in [1.54, 1.807) is 17.8 Å². The molecular weight excluding hydrogens is 235 g/mol. The van der Waals surface area contributed by atoms with Gasteiger partial charge in [-0.25, -0.2) is 4.39 Å². The predicted molar refractivity (Wildman–Crippen MR) is 69.7 cm³/mol. The van der Waals surface area contributed by atoms with Crippen molar-refractivity contribution in [2.75, 3.05) is 5.75 Å². The van der Waals surface area contributed by atoms with Crippen molar-refractivity contribution in [2.45, 2.75) is 43.1 Å². The van der Waals surface area contributed by atoms with Gasteiger partial charge in [-0.15, -0.1) is 11.8 Å². The lowest BCUT2D eigenvalue weighted by Gasteiger charge is -2.26. The Balaban J connectivity index is 1.80. The first-order valence-corrected chi connectivity index (χ1v) is 7.31. The average Bonchev–Trinajstić information content (AvgIpc) is 2.37. The Hall–Kier alpha value is -0.540. The number of benzene rings is 1. The van der Waals surface area contributed by atoms with Crippen LogP contribution in [0.3, 0.4) is 0 Å². The first-order valence-electron chi connectivity index (χ1n) is 6.32. The lowest BCUT2D eigenvalue weighted by Crippen LogP contribution is -2.24. The van der Waals surface area contributed by atoms with Crippen molar-refractivity contribution in [3.8, 4) is 0 Å². The number of hydrogen-bond acceptors (Lipinski definition) is 2. The molecule has 0 aliphatic heterocycles. The molecule has 17 heavy (non-hydrogen) atoms. The molecule has 1 saturated carbocycles. The van der Waals surface area contributed by atoms with E-state index >= 15 is 0 Å². The lowest BCUT2D eigenvalue weighted by atomic mass is 9.86. The number of rotatable bonds is 4. The fourth-order valence-electron chi connectivity index (χ4n) is 2.39. The normalized spacial score (nSPS) is 19.2. The van der Waals surface area contributed by atoms with Gasteiger partial charge in [-0.05, 0) is 37.0 Å². The van der Waals surface area contributed by atoms with E-state index in [0.717, 1.165) is 17.7 Å². The molecule has 94 valence electrons. The van der Waals surface area contributed by atoms with Gasteiger partial charge in [0, 0.05) is 10.6 Å². The number of thioether (sulfide) groups is 1. The highest BCUT2D eigenvalue weighted by molar-refractivity contribution is 7.99. The Bertz CT molecular complexity index is 350. The zero-order valence-corrected chi connectivity index (χ0v) is 10.8. The zero-order chi connectivity index (χ0) is 12.1. The Kier molecular flexibility index (Phi) is 4.86. The van der Waals surface area contributed by atoms with Crippen LogP contribution in [-0.2, 0) is 0 Å². The molecule has 2 rings (SSSR count). The standard InChI is InChI=1S/C14H19FOS/c15-12-7-4-8-13(9-12)17-10-14(16)11-5-2-1-3-6-11/h4,7-9,11,14,16H,1-3,5-6,10H2. The van der Waals surface area contributed by atoms with Gasteiger partial charge in [0.25, 0.3) is 0 Å². The molecule has 0 radical (unpaired) electrons. The van der Waals surface area contributed by atoms with Gasteiger partial charge in [0.2, 0.25) is 0 Å². The van der Waals surface area contributed by atoms with E-state index in [2.05, 4.69) is 0 Å². The third-order valence-electron chi connectivity index (χ3n) is 3.41. The number of aliphatic hydroxyl groups excluding tert-OH is 1. The maximum Gasteiger partial charge on any atom is 0.124 e. The van der Waals surface area contributed by atoms with Gasteiger partial charge in [-0.1, -0.05) is 25.3 Å². The molecule has 1 fully saturated rings. The maximum absolute atomic E-state index is 13.0.